The van der Waals surface area contributed by atoms with Crippen LogP contribution in [0.5, 0.6) is 0 Å². The van der Waals surface area contributed by atoms with Crippen LogP contribution >= 0.6 is 11.8 Å². The molecule has 2 heterocycles. The van der Waals surface area contributed by atoms with Crippen LogP contribution in [0, 0.1) is 24.7 Å². The van der Waals surface area contributed by atoms with Gasteiger partial charge in [0.25, 0.3) is 0 Å². The Morgan fingerprint density at radius 3 is 2.17 bits per heavy atom. The van der Waals surface area contributed by atoms with Gasteiger partial charge in [-0.3, -0.25) is 5.43 Å². The molecule has 5 atom stereocenters. The van der Waals surface area contributed by atoms with Crippen LogP contribution in [0.2, 0.25) is 0 Å². The van der Waals surface area contributed by atoms with E-state index in [-0.39, 0.29) is 0 Å². The zero-order chi connectivity index (χ0) is 21.4. The molecule has 0 amide bonds. The van der Waals surface area contributed by atoms with Crippen molar-refractivity contribution in [3.8, 4) is 0 Å². The second-order valence-electron chi connectivity index (χ2n) is 8.56. The van der Waals surface area contributed by atoms with Gasteiger partial charge in [0.1, 0.15) is 0 Å². The van der Waals surface area contributed by atoms with Crippen molar-refractivity contribution >= 4 is 23.7 Å². The normalized spacial score (nSPS) is 30.8. The number of benzene rings is 1. The SMILES string of the molecule is CC.CC1=C(c2ccc(C)cc2)NN=CC1C1CCC(C)C1.CC1CSC(C)N1. The molecule has 1 aliphatic carbocycles. The average Bonchev–Trinajstić information content (AvgIpc) is 3.32. The van der Waals surface area contributed by atoms with E-state index in [2.05, 4.69) is 80.9 Å². The number of allylic oxidation sites excluding steroid dienone is 1. The van der Waals surface area contributed by atoms with Crippen LogP contribution in [0.25, 0.3) is 5.70 Å². The molecule has 0 aromatic heterocycles. The highest BCUT2D eigenvalue weighted by Crippen LogP contribution is 2.40. The van der Waals surface area contributed by atoms with Crippen molar-refractivity contribution in [2.24, 2.45) is 22.9 Å². The van der Waals surface area contributed by atoms with Gasteiger partial charge in [-0.15, -0.1) is 11.8 Å². The zero-order valence-corrected chi connectivity index (χ0v) is 20.3. The number of nitrogens with zero attached hydrogens (tertiary/aromatic N) is 1. The largest absolute Gasteiger partial charge is 0.302 e. The Bertz CT molecular complexity index is 672. The molecule has 1 aromatic rings. The summed E-state index contributed by atoms with van der Waals surface area (Å²) in [7, 11) is 0. The van der Waals surface area contributed by atoms with Gasteiger partial charge in [-0.1, -0.05) is 57.0 Å². The number of nitrogens with one attached hydrogen (secondary N) is 2. The Morgan fingerprint density at radius 1 is 1.00 bits per heavy atom. The van der Waals surface area contributed by atoms with E-state index >= 15 is 0 Å². The predicted octanol–water partition coefficient (Wildman–Crippen LogP) is 6.45. The molecule has 3 nitrogen and oxygen atoms in total. The summed E-state index contributed by atoms with van der Waals surface area (Å²) in [5, 5.41) is 8.50. The monoisotopic (exact) mass is 415 g/mol. The van der Waals surface area contributed by atoms with E-state index in [1.54, 1.807) is 0 Å². The van der Waals surface area contributed by atoms with E-state index in [0.717, 1.165) is 17.9 Å². The number of aryl methyl sites for hydroxylation is 1. The molecule has 0 spiro atoms. The van der Waals surface area contributed by atoms with Crippen molar-refractivity contribution in [1.82, 2.24) is 10.7 Å². The second kappa shape index (κ2) is 11.8. The Hall–Kier alpha value is -1.26. The minimum Gasteiger partial charge on any atom is -0.302 e. The van der Waals surface area contributed by atoms with Crippen molar-refractivity contribution in [2.45, 2.75) is 79.1 Å². The van der Waals surface area contributed by atoms with Crippen LogP contribution in [0.15, 0.2) is 34.9 Å². The highest BCUT2D eigenvalue weighted by Gasteiger charge is 2.31. The van der Waals surface area contributed by atoms with E-state index in [4.69, 9.17) is 0 Å². The first-order chi connectivity index (χ1) is 13.9. The lowest BCUT2D eigenvalue weighted by Gasteiger charge is -2.27. The lowest BCUT2D eigenvalue weighted by molar-refractivity contribution is 0.454. The van der Waals surface area contributed by atoms with Gasteiger partial charge in [0.2, 0.25) is 0 Å². The third kappa shape index (κ3) is 6.89. The lowest BCUT2D eigenvalue weighted by Crippen LogP contribution is -2.24. The summed E-state index contributed by atoms with van der Waals surface area (Å²) in [6.45, 7) is 15.2. The maximum atomic E-state index is 4.43. The average molecular weight is 416 g/mol. The van der Waals surface area contributed by atoms with Gasteiger partial charge in [0.05, 0.1) is 11.1 Å². The van der Waals surface area contributed by atoms with Crippen LogP contribution in [-0.2, 0) is 0 Å². The fourth-order valence-electron chi connectivity index (χ4n) is 4.40. The maximum Gasteiger partial charge on any atom is 0.0629 e. The van der Waals surface area contributed by atoms with Gasteiger partial charge in [-0.25, -0.2) is 0 Å². The van der Waals surface area contributed by atoms with Crippen molar-refractivity contribution in [3.05, 3.63) is 41.0 Å². The number of thioether (sulfide) groups is 1. The number of hydrogen-bond acceptors (Lipinski definition) is 4. The molecule has 2 fully saturated rings. The Morgan fingerprint density at radius 2 is 1.69 bits per heavy atom. The molecule has 4 rings (SSSR count). The molecule has 162 valence electrons. The minimum atomic E-state index is 0.512. The molecule has 0 radical (unpaired) electrons. The van der Waals surface area contributed by atoms with Crippen LogP contribution in [0.3, 0.4) is 0 Å². The summed E-state index contributed by atoms with van der Waals surface area (Å²) >= 11 is 1.99. The summed E-state index contributed by atoms with van der Waals surface area (Å²) in [6, 6.07) is 9.46. The van der Waals surface area contributed by atoms with Gasteiger partial charge in [0, 0.05) is 23.9 Å². The van der Waals surface area contributed by atoms with Crippen LogP contribution in [-0.4, -0.2) is 23.4 Å². The fraction of sp³-hybridized carbons (Fsp3) is 0.640. The summed E-state index contributed by atoms with van der Waals surface area (Å²) in [5.74, 6) is 3.44. The highest BCUT2D eigenvalue weighted by atomic mass is 32.2. The lowest BCUT2D eigenvalue weighted by atomic mass is 9.83. The molecule has 1 saturated carbocycles. The molecular formula is C25H41N3S. The van der Waals surface area contributed by atoms with Crippen molar-refractivity contribution in [1.29, 1.82) is 0 Å². The number of rotatable bonds is 2. The molecule has 5 unspecified atom stereocenters. The van der Waals surface area contributed by atoms with Gasteiger partial charge >= 0.3 is 0 Å². The summed E-state index contributed by atoms with van der Waals surface area (Å²) < 4.78 is 0. The van der Waals surface area contributed by atoms with Gasteiger partial charge < -0.3 is 5.32 Å². The van der Waals surface area contributed by atoms with Crippen molar-refractivity contribution < 1.29 is 0 Å². The number of hydrogen-bond donors (Lipinski definition) is 2. The highest BCUT2D eigenvalue weighted by molar-refractivity contribution is 8.00. The fourth-order valence-corrected chi connectivity index (χ4v) is 5.40. The third-order valence-electron chi connectivity index (χ3n) is 6.00. The first kappa shape index (κ1) is 24.0. The van der Waals surface area contributed by atoms with Gasteiger partial charge in [-0.05, 0) is 63.5 Å². The number of hydrazone groups is 1. The molecule has 3 aliphatic rings. The van der Waals surface area contributed by atoms with Gasteiger partial charge in [0.15, 0.2) is 0 Å². The molecule has 4 heteroatoms. The molecule has 29 heavy (non-hydrogen) atoms. The smallest absolute Gasteiger partial charge is 0.0629 e. The molecule has 1 saturated heterocycles. The van der Waals surface area contributed by atoms with E-state index < -0.39 is 0 Å². The van der Waals surface area contributed by atoms with Crippen LogP contribution < -0.4 is 10.7 Å². The van der Waals surface area contributed by atoms with Gasteiger partial charge in [-0.2, -0.15) is 5.10 Å². The van der Waals surface area contributed by atoms with Crippen molar-refractivity contribution in [2.75, 3.05) is 5.75 Å². The summed E-state index contributed by atoms with van der Waals surface area (Å²) in [4.78, 5) is 0. The Balaban J connectivity index is 0.000000280. The van der Waals surface area contributed by atoms with E-state index in [9.17, 15) is 0 Å². The quantitative estimate of drug-likeness (QED) is 0.582. The molecule has 2 aliphatic heterocycles. The third-order valence-corrected chi connectivity index (χ3v) is 7.33. The van der Waals surface area contributed by atoms with E-state index in [0.29, 0.717) is 11.3 Å². The Labute approximate surface area is 183 Å². The van der Waals surface area contributed by atoms with Crippen molar-refractivity contribution in [3.63, 3.8) is 0 Å². The summed E-state index contributed by atoms with van der Waals surface area (Å²) in [5.41, 5.74) is 8.42. The zero-order valence-electron chi connectivity index (χ0n) is 19.5. The first-order valence-corrected chi connectivity index (χ1v) is 12.4. The maximum absolute atomic E-state index is 4.43. The molecule has 0 bridgehead atoms. The predicted molar refractivity (Wildman–Crippen MR) is 131 cm³/mol. The van der Waals surface area contributed by atoms with Crippen LogP contribution in [0.1, 0.15) is 71.9 Å². The molecule has 2 N–H and O–H groups in total. The summed E-state index contributed by atoms with van der Waals surface area (Å²) in [6.07, 6.45) is 6.18. The van der Waals surface area contributed by atoms with E-state index in [1.807, 2.05) is 25.6 Å². The molecule has 1 aromatic carbocycles. The van der Waals surface area contributed by atoms with Crippen LogP contribution in [0.4, 0.5) is 0 Å². The molecular weight excluding hydrogens is 374 g/mol. The topological polar surface area (TPSA) is 36.4 Å². The Kier molecular flexibility index (Phi) is 9.78. The minimum absolute atomic E-state index is 0.512. The van der Waals surface area contributed by atoms with E-state index in [1.165, 1.54) is 47.4 Å². The standard InChI is InChI=1S/C18H24N2.C5H11NS.C2H6/c1-12-4-7-15(8-5-12)18-14(3)17(11-19-20-18)16-9-6-13(2)10-16;1-4-3-7-5(2)6-4;1-2/h4-5,7-8,11,13,16-17,20H,6,9-10H2,1-3H3;4-6H,3H2,1-2H3;1-2H3. The second-order valence-corrected chi connectivity index (χ2v) is 9.94. The first-order valence-electron chi connectivity index (χ1n) is 11.4.